The Morgan fingerprint density at radius 3 is 2.56 bits per heavy atom. The van der Waals surface area contributed by atoms with Crippen LogP contribution >= 0.6 is 0 Å². The van der Waals surface area contributed by atoms with Gasteiger partial charge >= 0.3 is 0 Å². The van der Waals surface area contributed by atoms with E-state index in [2.05, 4.69) is 26.7 Å². The average molecular weight is 484 g/mol. The van der Waals surface area contributed by atoms with Crippen LogP contribution in [0.5, 0.6) is 0 Å². The molecular formula is C29H30FN5O. The number of pyridine rings is 2. The SMILES string of the molecule is CCc1nccc(-c2ccc(C(=O)N3CCN(CC4CC4)CC3)c(F)c2)c1C#Cc1ccc(N)nc1. The Morgan fingerprint density at radius 1 is 1.08 bits per heavy atom. The molecule has 0 bridgehead atoms. The fourth-order valence-electron chi connectivity index (χ4n) is 4.59. The molecule has 1 aromatic carbocycles. The highest BCUT2D eigenvalue weighted by Gasteiger charge is 2.28. The molecular weight excluding hydrogens is 453 g/mol. The third-order valence-corrected chi connectivity index (χ3v) is 6.87. The molecule has 1 aliphatic heterocycles. The highest BCUT2D eigenvalue weighted by molar-refractivity contribution is 5.95. The second-order valence-corrected chi connectivity index (χ2v) is 9.49. The highest BCUT2D eigenvalue weighted by atomic mass is 19.1. The van der Waals surface area contributed by atoms with E-state index in [9.17, 15) is 4.79 Å². The van der Waals surface area contributed by atoms with Gasteiger partial charge in [0.1, 0.15) is 11.6 Å². The summed E-state index contributed by atoms with van der Waals surface area (Å²) < 4.78 is 15.3. The largest absolute Gasteiger partial charge is 0.384 e. The van der Waals surface area contributed by atoms with E-state index in [0.717, 1.165) is 47.9 Å². The van der Waals surface area contributed by atoms with E-state index in [4.69, 9.17) is 5.73 Å². The van der Waals surface area contributed by atoms with Gasteiger partial charge in [-0.2, -0.15) is 0 Å². The topological polar surface area (TPSA) is 75.4 Å². The van der Waals surface area contributed by atoms with Crippen molar-refractivity contribution in [2.24, 2.45) is 5.92 Å². The van der Waals surface area contributed by atoms with Crippen LogP contribution in [0, 0.1) is 23.6 Å². The second-order valence-electron chi connectivity index (χ2n) is 9.49. The van der Waals surface area contributed by atoms with Crippen LogP contribution in [0.2, 0.25) is 0 Å². The van der Waals surface area contributed by atoms with Crippen molar-refractivity contribution in [2.75, 3.05) is 38.5 Å². The number of amides is 1. The summed E-state index contributed by atoms with van der Waals surface area (Å²) in [5.74, 6) is 6.81. The number of rotatable bonds is 5. The summed E-state index contributed by atoms with van der Waals surface area (Å²) in [4.78, 5) is 25.8. The van der Waals surface area contributed by atoms with Gasteiger partial charge in [-0.3, -0.25) is 14.7 Å². The molecule has 2 aliphatic rings. The number of hydrogen-bond acceptors (Lipinski definition) is 5. The van der Waals surface area contributed by atoms with Crippen molar-refractivity contribution in [2.45, 2.75) is 26.2 Å². The first-order chi connectivity index (χ1) is 17.5. The minimum absolute atomic E-state index is 0.111. The molecule has 2 aromatic heterocycles. The normalized spacial score (nSPS) is 15.9. The van der Waals surface area contributed by atoms with Gasteiger partial charge in [0.15, 0.2) is 0 Å². The van der Waals surface area contributed by atoms with Gasteiger partial charge in [-0.05, 0) is 61.1 Å². The number of nitrogens with two attached hydrogens (primary N) is 1. The van der Waals surface area contributed by atoms with Gasteiger partial charge in [-0.25, -0.2) is 9.37 Å². The maximum absolute atomic E-state index is 15.3. The van der Waals surface area contributed by atoms with Gasteiger partial charge in [-0.1, -0.05) is 24.8 Å². The monoisotopic (exact) mass is 483 g/mol. The van der Waals surface area contributed by atoms with Gasteiger partial charge < -0.3 is 10.6 Å². The Morgan fingerprint density at radius 2 is 1.89 bits per heavy atom. The lowest BCUT2D eigenvalue weighted by Gasteiger charge is -2.34. The summed E-state index contributed by atoms with van der Waals surface area (Å²) in [5.41, 5.74) is 9.51. The van der Waals surface area contributed by atoms with Crippen molar-refractivity contribution in [3.05, 3.63) is 77.0 Å². The number of benzene rings is 1. The van der Waals surface area contributed by atoms with Crippen molar-refractivity contribution in [3.63, 3.8) is 0 Å². The van der Waals surface area contributed by atoms with E-state index in [1.165, 1.54) is 18.9 Å². The molecule has 1 saturated heterocycles. The van der Waals surface area contributed by atoms with Crippen LogP contribution in [0.4, 0.5) is 10.2 Å². The molecule has 5 rings (SSSR count). The minimum atomic E-state index is -0.519. The molecule has 2 N–H and O–H groups in total. The number of aromatic nitrogens is 2. The van der Waals surface area contributed by atoms with Crippen LogP contribution in [0.15, 0.2) is 48.8 Å². The third kappa shape index (κ3) is 5.39. The summed E-state index contributed by atoms with van der Waals surface area (Å²) >= 11 is 0. The lowest BCUT2D eigenvalue weighted by molar-refractivity contribution is 0.0627. The fourth-order valence-corrected chi connectivity index (χ4v) is 4.59. The van der Waals surface area contributed by atoms with E-state index in [0.29, 0.717) is 30.9 Å². The van der Waals surface area contributed by atoms with E-state index < -0.39 is 5.82 Å². The van der Waals surface area contributed by atoms with Crippen molar-refractivity contribution in [3.8, 4) is 23.0 Å². The number of anilines is 1. The van der Waals surface area contributed by atoms with Crippen LogP contribution < -0.4 is 5.73 Å². The number of aryl methyl sites for hydroxylation is 1. The summed E-state index contributed by atoms with van der Waals surface area (Å²) in [7, 11) is 0. The van der Waals surface area contributed by atoms with E-state index in [1.54, 1.807) is 35.5 Å². The molecule has 1 saturated carbocycles. The van der Waals surface area contributed by atoms with E-state index in [-0.39, 0.29) is 11.5 Å². The molecule has 7 heteroatoms. The first kappa shape index (κ1) is 24.0. The Balaban J connectivity index is 1.37. The molecule has 3 aromatic rings. The number of halogens is 1. The van der Waals surface area contributed by atoms with Crippen molar-refractivity contribution < 1.29 is 9.18 Å². The minimum Gasteiger partial charge on any atom is -0.384 e. The molecule has 0 atom stereocenters. The zero-order valence-corrected chi connectivity index (χ0v) is 20.5. The van der Waals surface area contributed by atoms with Crippen LogP contribution in [0.1, 0.15) is 46.9 Å². The first-order valence-corrected chi connectivity index (χ1v) is 12.5. The van der Waals surface area contributed by atoms with Crippen molar-refractivity contribution >= 4 is 11.7 Å². The quantitative estimate of drug-likeness (QED) is 0.556. The lowest BCUT2D eigenvalue weighted by atomic mass is 9.96. The molecule has 0 radical (unpaired) electrons. The number of carbonyl (C=O) groups is 1. The predicted octanol–water partition coefficient (Wildman–Crippen LogP) is 3.99. The zero-order valence-electron chi connectivity index (χ0n) is 20.5. The average Bonchev–Trinajstić information content (AvgIpc) is 3.72. The molecule has 6 nitrogen and oxygen atoms in total. The van der Waals surface area contributed by atoms with Gasteiger partial charge in [0, 0.05) is 56.2 Å². The number of piperazine rings is 1. The maximum atomic E-state index is 15.3. The van der Waals surface area contributed by atoms with Crippen molar-refractivity contribution in [1.29, 1.82) is 0 Å². The van der Waals surface area contributed by atoms with Gasteiger partial charge in [0.05, 0.1) is 16.8 Å². The second kappa shape index (κ2) is 10.5. The number of nitrogens with zero attached hydrogens (tertiary/aromatic N) is 4. The van der Waals surface area contributed by atoms with Crippen LogP contribution in [-0.2, 0) is 6.42 Å². The summed E-state index contributed by atoms with van der Waals surface area (Å²) in [6.07, 6.45) is 6.65. The third-order valence-electron chi connectivity index (χ3n) is 6.87. The molecule has 0 unspecified atom stereocenters. The lowest BCUT2D eigenvalue weighted by Crippen LogP contribution is -2.49. The molecule has 36 heavy (non-hydrogen) atoms. The summed E-state index contributed by atoms with van der Waals surface area (Å²) in [5, 5.41) is 0. The Hall–Kier alpha value is -3.76. The number of carbonyl (C=O) groups excluding carboxylic acids is 1. The smallest absolute Gasteiger partial charge is 0.256 e. The van der Waals surface area contributed by atoms with Gasteiger partial charge in [0.2, 0.25) is 0 Å². The van der Waals surface area contributed by atoms with Crippen molar-refractivity contribution in [1.82, 2.24) is 19.8 Å². The molecule has 1 aliphatic carbocycles. The summed E-state index contributed by atoms with van der Waals surface area (Å²) in [6.45, 7) is 6.10. The van der Waals surface area contributed by atoms with Gasteiger partial charge in [0.25, 0.3) is 5.91 Å². The molecule has 184 valence electrons. The van der Waals surface area contributed by atoms with Crippen LogP contribution in [-0.4, -0.2) is 58.4 Å². The Kier molecular flexibility index (Phi) is 6.97. The summed E-state index contributed by atoms with van der Waals surface area (Å²) in [6, 6.07) is 10.2. The van der Waals surface area contributed by atoms with Crippen LogP contribution in [0.25, 0.3) is 11.1 Å². The number of hydrogen-bond donors (Lipinski definition) is 1. The molecule has 2 fully saturated rings. The Labute approximate surface area is 211 Å². The number of nitrogen functional groups attached to an aromatic ring is 1. The zero-order chi connectivity index (χ0) is 25.1. The fraction of sp³-hybridized carbons (Fsp3) is 0.345. The molecule has 1 amide bonds. The van der Waals surface area contributed by atoms with Crippen LogP contribution in [0.3, 0.4) is 0 Å². The molecule has 3 heterocycles. The maximum Gasteiger partial charge on any atom is 0.256 e. The van der Waals surface area contributed by atoms with E-state index in [1.807, 2.05) is 19.1 Å². The highest BCUT2D eigenvalue weighted by Crippen LogP contribution is 2.30. The standard InChI is InChI=1S/C29H30FN5O/c1-2-27-24(8-5-20-6-10-28(31)33-18-20)23(11-12-32-27)22-7-9-25(26(30)17-22)29(36)35-15-13-34(14-16-35)19-21-3-4-21/h6-7,9-12,17-18,21H,2-4,13-16,19H2,1H3,(H2,31,33). The first-order valence-electron chi connectivity index (χ1n) is 12.5. The Bertz CT molecular complexity index is 1320. The van der Waals surface area contributed by atoms with Gasteiger partial charge in [-0.15, -0.1) is 0 Å². The predicted molar refractivity (Wildman–Crippen MR) is 139 cm³/mol. The van der Waals surface area contributed by atoms with E-state index >= 15 is 4.39 Å². The molecule has 0 spiro atoms.